The Morgan fingerprint density at radius 1 is 0.590 bits per heavy atom. The molecule has 0 radical (unpaired) electrons. The van der Waals surface area contributed by atoms with Gasteiger partial charge < -0.3 is 48.3 Å². The molecule has 0 aliphatic carbocycles. The lowest BCUT2D eigenvalue weighted by atomic mass is 9.82. The summed E-state index contributed by atoms with van der Waals surface area (Å²) in [6.45, 7) is 24.8. The Labute approximate surface area is 622 Å². The van der Waals surface area contributed by atoms with Crippen LogP contribution in [0.1, 0.15) is 128 Å². The molecule has 12 aromatic rings. The van der Waals surface area contributed by atoms with Gasteiger partial charge in [0.15, 0.2) is 0 Å². The molecule has 16 rings (SSSR count). The van der Waals surface area contributed by atoms with E-state index in [1.807, 2.05) is 57.4 Å². The zero-order valence-corrected chi connectivity index (χ0v) is 64.0. The van der Waals surface area contributed by atoms with Crippen molar-refractivity contribution in [1.82, 2.24) is 52.9 Å². The summed E-state index contributed by atoms with van der Waals surface area (Å²) < 4.78 is 48.9. The Kier molecular flexibility index (Phi) is 21.7. The second-order valence-corrected chi connectivity index (χ2v) is 31.8. The standard InChI is InChI=1S/C23H26F3N3.C21H24BrN3.C21H26N3O2.C20H23N3O2/c1-15-5-7-19-17(11-15)18-13-28(4)14-22(2,3)21(18)29(19)10-9-16-6-8-20(27-12-16)23(24,25)26;1-14-10-17-18-13-24(3)8-7-20(18)25(21(17)19(22)11-14)9-6-16-5-4-15(2)23-12-16;1-15-4-5-19-17(12-15)18-13-24(3,26)11-8-20(18)23(19)14-21(2,25)16-6-9-22-10-7-16;1-22-9-6-19-17(11-22)16-10-14(13-24)2-3-18(16)23(19)12-20(25)15-4-7-21-8-5-15/h5-8,11-12H,9-10,13-14H2,1-4H3;4-5,10-12H,6-9,13H2,1-3H3;4-7,9-10,12,25-26H,8,11,13-14H2,1-3H3;2-5,7-8,10,20,24-25H,6,9,11-13H2,1H3/q;;+1;. The summed E-state index contributed by atoms with van der Waals surface area (Å²) >= 11 is 3.83. The van der Waals surface area contributed by atoms with Crippen molar-refractivity contribution >= 4 is 59.5 Å². The highest BCUT2D eigenvalue weighted by atomic mass is 79.9. The van der Waals surface area contributed by atoms with Crippen molar-refractivity contribution in [2.45, 2.75) is 163 Å². The van der Waals surface area contributed by atoms with Crippen LogP contribution in [0.3, 0.4) is 0 Å². The molecular formula is C85H99BrF3N12O4+. The first kappa shape index (κ1) is 74.8. The fraction of sp³-hybridized carbons (Fsp3) is 0.388. The molecule has 16 nitrogen and oxygen atoms in total. The topological polar surface area (TPSA) is 162 Å². The third-order valence-corrected chi connectivity index (χ3v) is 22.3. The van der Waals surface area contributed by atoms with Gasteiger partial charge in [0.05, 0.1) is 38.4 Å². The number of aromatic nitrogens is 8. The van der Waals surface area contributed by atoms with Crippen LogP contribution < -0.4 is 0 Å². The molecule has 0 saturated heterocycles. The van der Waals surface area contributed by atoms with E-state index < -0.39 is 23.6 Å². The molecule has 8 aromatic heterocycles. The minimum atomic E-state index is -4.40. The number of hydrogen-bond acceptors (Lipinski definition) is 11. The lowest BCUT2D eigenvalue weighted by Gasteiger charge is -2.37. The number of aliphatic hydroxyl groups is 3. The Hall–Kier alpha value is -8.41. The number of fused-ring (bicyclic) bond motifs is 12. The van der Waals surface area contributed by atoms with Crippen LogP contribution >= 0.6 is 15.9 Å². The highest BCUT2D eigenvalue weighted by molar-refractivity contribution is 9.10. The van der Waals surface area contributed by atoms with Gasteiger partial charge in [-0.3, -0.25) is 19.9 Å². The van der Waals surface area contributed by atoms with Crippen molar-refractivity contribution in [2.24, 2.45) is 0 Å². The summed E-state index contributed by atoms with van der Waals surface area (Å²) in [4.78, 5) is 23.2. The predicted octanol–water partition coefficient (Wildman–Crippen LogP) is 15.4. The molecule has 12 heterocycles. The maximum absolute atomic E-state index is 12.8. The summed E-state index contributed by atoms with van der Waals surface area (Å²) in [6.07, 6.45) is 9.79. The van der Waals surface area contributed by atoms with Crippen molar-refractivity contribution in [2.75, 3.05) is 54.4 Å². The van der Waals surface area contributed by atoms with E-state index in [0.29, 0.717) is 32.6 Å². The van der Waals surface area contributed by atoms with Crippen molar-refractivity contribution < 1.29 is 38.3 Å². The number of nitrogens with zero attached hydrogens (tertiary/aromatic N) is 12. The molecule has 3 unspecified atom stereocenters. The number of halogens is 4. The average Bonchev–Trinajstić information content (AvgIpc) is 1.62. The molecule has 4 aliphatic heterocycles. The highest BCUT2D eigenvalue weighted by Gasteiger charge is 2.38. The third-order valence-electron chi connectivity index (χ3n) is 21.7. The van der Waals surface area contributed by atoms with E-state index in [1.54, 1.807) is 24.8 Å². The maximum atomic E-state index is 12.8. The van der Waals surface area contributed by atoms with E-state index in [2.05, 4.69) is 197 Å². The normalized spacial score (nSPS) is 17.6. The quantitative estimate of drug-likeness (QED) is 0.0813. The first-order chi connectivity index (χ1) is 50.0. The van der Waals surface area contributed by atoms with Crippen molar-refractivity contribution in [3.8, 4) is 0 Å². The number of hydrogen-bond donors (Lipinski definition) is 4. The van der Waals surface area contributed by atoms with Gasteiger partial charge in [-0.15, -0.1) is 0 Å². The van der Waals surface area contributed by atoms with Crippen LogP contribution in [0.15, 0.2) is 157 Å². The van der Waals surface area contributed by atoms with E-state index in [0.717, 1.165) is 123 Å². The monoisotopic (exact) mass is 1490 g/mol. The molecule has 4 aromatic carbocycles. The van der Waals surface area contributed by atoms with E-state index >= 15 is 0 Å². The van der Waals surface area contributed by atoms with Crippen LogP contribution in [0.25, 0.3) is 43.6 Å². The van der Waals surface area contributed by atoms with Gasteiger partial charge >= 0.3 is 6.18 Å². The van der Waals surface area contributed by atoms with Gasteiger partial charge in [0.2, 0.25) is 0 Å². The van der Waals surface area contributed by atoms with Crippen molar-refractivity contribution in [1.29, 1.82) is 0 Å². The number of hydroxylamine groups is 3. The van der Waals surface area contributed by atoms with Crippen LogP contribution in [0, 0.1) is 27.7 Å². The zero-order chi connectivity index (χ0) is 74.4. The number of rotatable bonds is 13. The van der Waals surface area contributed by atoms with Gasteiger partial charge in [-0.2, -0.15) is 17.8 Å². The number of alkyl halides is 3. The molecule has 20 heteroatoms. The lowest BCUT2D eigenvalue weighted by Crippen LogP contribution is -2.44. The second kappa shape index (κ2) is 30.5. The van der Waals surface area contributed by atoms with E-state index in [9.17, 15) is 33.7 Å². The molecule has 4 N–H and O–H groups in total. The molecule has 0 spiro atoms. The summed E-state index contributed by atoms with van der Waals surface area (Å²) in [5.74, 6) is 0. The summed E-state index contributed by atoms with van der Waals surface area (Å²) in [7, 11) is 8.36. The Morgan fingerprint density at radius 3 is 1.74 bits per heavy atom. The molecule has 0 amide bonds. The zero-order valence-electron chi connectivity index (χ0n) is 62.4. The van der Waals surface area contributed by atoms with Gasteiger partial charge in [-0.1, -0.05) is 55.3 Å². The molecule has 550 valence electrons. The van der Waals surface area contributed by atoms with Crippen LogP contribution in [0.2, 0.25) is 0 Å². The summed E-state index contributed by atoms with van der Waals surface area (Å²) in [5, 5.41) is 47.0. The Balaban J connectivity index is 0.000000124. The van der Waals surface area contributed by atoms with Crippen molar-refractivity contribution in [3.63, 3.8) is 0 Å². The van der Waals surface area contributed by atoms with Gasteiger partial charge in [-0.05, 0) is 220 Å². The number of benzene rings is 4. The molecule has 0 bridgehead atoms. The Bertz CT molecular complexity index is 5100. The number of quaternary nitrogens is 1. The van der Waals surface area contributed by atoms with E-state index in [1.165, 1.54) is 117 Å². The van der Waals surface area contributed by atoms with E-state index in [4.69, 9.17) is 0 Å². The van der Waals surface area contributed by atoms with Gasteiger partial charge in [0.25, 0.3) is 0 Å². The van der Waals surface area contributed by atoms with Crippen molar-refractivity contribution in [3.05, 3.63) is 258 Å². The first-order valence-electron chi connectivity index (χ1n) is 36.6. The minimum Gasteiger partial charge on any atom is -0.392 e. The smallest absolute Gasteiger partial charge is 0.392 e. The lowest BCUT2D eigenvalue weighted by molar-refractivity contribution is -1.10. The second-order valence-electron chi connectivity index (χ2n) is 31.0. The number of aryl methyl sites for hydroxylation is 8. The first-order valence-corrected chi connectivity index (χ1v) is 37.4. The predicted molar refractivity (Wildman–Crippen MR) is 414 cm³/mol. The largest absolute Gasteiger partial charge is 0.433 e. The van der Waals surface area contributed by atoms with Crippen LogP contribution in [0.4, 0.5) is 13.2 Å². The minimum absolute atomic E-state index is 0.00630. The fourth-order valence-electron chi connectivity index (χ4n) is 16.6. The van der Waals surface area contributed by atoms with E-state index in [-0.39, 0.29) is 16.7 Å². The maximum Gasteiger partial charge on any atom is 0.433 e. The molecule has 3 atom stereocenters. The number of likely N-dealkylation sites (N-methyl/N-ethyl adjacent to an activating group) is 4. The molecule has 0 fully saturated rings. The van der Waals surface area contributed by atoms with Crippen LogP contribution in [-0.2, 0) is 108 Å². The third kappa shape index (κ3) is 16.2. The summed E-state index contributed by atoms with van der Waals surface area (Å²) in [6, 6.07) is 38.1. The average molecular weight is 1490 g/mol. The van der Waals surface area contributed by atoms with Crippen LogP contribution in [-0.4, -0.2) is 132 Å². The van der Waals surface area contributed by atoms with Crippen LogP contribution in [0.5, 0.6) is 0 Å². The number of pyridine rings is 4. The fourth-order valence-corrected chi connectivity index (χ4v) is 17.4. The summed E-state index contributed by atoms with van der Waals surface area (Å²) in [5.41, 5.74) is 23.3. The number of aliphatic hydroxyl groups excluding tert-OH is 2. The molecular weight excluding hydrogens is 1390 g/mol. The molecule has 4 aliphatic rings. The van der Waals surface area contributed by atoms with Gasteiger partial charge in [0.1, 0.15) is 24.4 Å². The Morgan fingerprint density at radius 2 is 1.12 bits per heavy atom. The molecule has 0 saturated carbocycles. The van der Waals surface area contributed by atoms with Gasteiger partial charge in [0, 0.05) is 191 Å². The highest BCUT2D eigenvalue weighted by Crippen LogP contribution is 2.42. The molecule has 105 heavy (non-hydrogen) atoms. The van der Waals surface area contributed by atoms with Gasteiger partial charge in [-0.25, -0.2) is 5.21 Å². The SMILES string of the molecule is CN1CCc2c(c3cc(CO)ccc3n2CC(O)c2ccncc2)C1.Cc1cc(Br)c2c(c1)c1c(n2CCc2ccc(C)nc2)CCN(C)C1.Cc1ccc2c(c1)c1c(n2CC(C)(O)c2ccncc2)CC[N+](C)(O)C1.Cc1ccc2c(c1)c1c(n2CCc2ccc(C(F)(F)F)nc2)C(C)(C)CN(C)C1.